The van der Waals surface area contributed by atoms with Crippen molar-refractivity contribution in [2.24, 2.45) is 0 Å². The van der Waals surface area contributed by atoms with Crippen molar-refractivity contribution in [3.63, 3.8) is 0 Å². The van der Waals surface area contributed by atoms with Gasteiger partial charge in [-0.25, -0.2) is 39.9 Å². The normalized spacial score (nSPS) is 10.7. The number of halogens is 9. The molecule has 131 heavy (non-hydrogen) atoms. The molecule has 0 bridgehead atoms. The highest BCUT2D eigenvalue weighted by Crippen LogP contribution is 2.55. The predicted molar refractivity (Wildman–Crippen MR) is 526 cm³/mol. The molecule has 0 unspecified atom stereocenters. The molecule has 0 aliphatic rings. The predicted octanol–water partition coefficient (Wildman–Crippen LogP) is 26.0. The van der Waals surface area contributed by atoms with Crippen LogP contribution in [0.2, 0.25) is 45.5 Å². The molecule has 0 aliphatic heterocycles. The molecule has 4 heterocycles. The summed E-state index contributed by atoms with van der Waals surface area (Å²) in [6, 6.07) is 37.1. The minimum atomic E-state index is -0.457. The molecule has 0 spiro atoms. The van der Waals surface area contributed by atoms with Crippen molar-refractivity contribution in [2.45, 2.75) is 34.6 Å². The lowest BCUT2D eigenvalue weighted by atomic mass is 10.0. The second-order valence-corrected chi connectivity index (χ2v) is 31.3. The van der Waals surface area contributed by atoms with Crippen LogP contribution in [0.1, 0.15) is 31.1 Å². The number of para-hydroxylation sites is 3. The molecular formula is C94H86Cl9N13O15. The monoisotopic (exact) mass is 1950 g/mol. The Morgan fingerprint density at radius 2 is 0.649 bits per heavy atom. The first kappa shape index (κ1) is 98.6. The molecule has 0 radical (unpaired) electrons. The van der Waals surface area contributed by atoms with Gasteiger partial charge >= 0.3 is 0 Å². The molecule has 0 saturated carbocycles. The molecule has 680 valence electrons. The number of aromatic nitrogens is 8. The second kappa shape index (κ2) is 43.6. The van der Waals surface area contributed by atoms with Gasteiger partial charge in [0.05, 0.1) is 164 Å². The Labute approximate surface area is 799 Å². The number of nitrogens with zero attached hydrogens (tertiary/aromatic N) is 9. The zero-order valence-electron chi connectivity index (χ0n) is 72.1. The fourth-order valence-electron chi connectivity index (χ4n) is 13.8. The van der Waals surface area contributed by atoms with Gasteiger partial charge in [0.1, 0.15) is 74.7 Å². The van der Waals surface area contributed by atoms with E-state index >= 15 is 0 Å². The number of nitro benzene ring substituents is 1. The molecule has 28 nitrogen and oxygen atoms in total. The zero-order chi connectivity index (χ0) is 93.8. The van der Waals surface area contributed by atoms with Gasteiger partial charge in [0.2, 0.25) is 23.1 Å². The first-order valence-electron chi connectivity index (χ1n) is 38.6. The van der Waals surface area contributed by atoms with Gasteiger partial charge < -0.3 is 78.5 Å². The highest BCUT2D eigenvalue weighted by molar-refractivity contribution is 6.44. The number of methoxy groups -OCH3 is 12. The van der Waals surface area contributed by atoms with E-state index < -0.39 is 4.92 Å². The third-order valence-electron chi connectivity index (χ3n) is 20.4. The highest BCUT2D eigenvalue weighted by atomic mass is 35.5. The van der Waals surface area contributed by atoms with E-state index in [-0.39, 0.29) is 38.0 Å². The number of fused-ring (bicyclic) bond motifs is 4. The fraction of sp³-hybridized carbons (Fsp3) is 0.181. The van der Waals surface area contributed by atoms with E-state index in [1.165, 1.54) is 76.1 Å². The van der Waals surface area contributed by atoms with E-state index in [1.54, 1.807) is 120 Å². The van der Waals surface area contributed by atoms with Gasteiger partial charge in [-0.2, -0.15) is 0 Å². The van der Waals surface area contributed by atoms with Crippen molar-refractivity contribution >= 4 is 200 Å². The summed E-state index contributed by atoms with van der Waals surface area (Å²) in [5.41, 5.74) is 19.1. The third-order valence-corrected chi connectivity index (χ3v) is 23.5. The van der Waals surface area contributed by atoms with E-state index in [1.807, 2.05) is 68.4 Å². The third kappa shape index (κ3) is 21.1. The van der Waals surface area contributed by atoms with Crippen LogP contribution < -0.4 is 78.5 Å². The average molecular weight is 1960 g/mol. The number of benzene rings is 11. The molecule has 0 fully saturated rings. The number of nitrogens with two attached hydrogens (primary N) is 1. The summed E-state index contributed by atoms with van der Waals surface area (Å²) in [5.74, 6) is 6.28. The van der Waals surface area contributed by atoms with Crippen LogP contribution in [-0.2, 0) is 11.2 Å². The van der Waals surface area contributed by atoms with Gasteiger partial charge in [0, 0.05) is 159 Å². The highest BCUT2D eigenvalue weighted by Gasteiger charge is 2.29. The van der Waals surface area contributed by atoms with Gasteiger partial charge in [-0.1, -0.05) is 149 Å². The number of hydrogen-bond acceptors (Lipinski definition) is 27. The van der Waals surface area contributed by atoms with E-state index in [0.29, 0.717) is 210 Å². The van der Waals surface area contributed by atoms with Crippen molar-refractivity contribution in [1.82, 2.24) is 39.9 Å². The van der Waals surface area contributed by atoms with Crippen LogP contribution in [0, 0.1) is 30.9 Å². The number of carbonyl (C=O) groups excluding carboxylic acids is 1. The van der Waals surface area contributed by atoms with Crippen molar-refractivity contribution in [3.8, 4) is 114 Å². The van der Waals surface area contributed by atoms with E-state index in [4.69, 9.17) is 167 Å². The topological polar surface area (TPSA) is 336 Å². The lowest BCUT2D eigenvalue weighted by molar-refractivity contribution is -0.384. The molecule has 5 N–H and O–H groups in total. The van der Waals surface area contributed by atoms with Crippen LogP contribution in [0.5, 0.6) is 69.0 Å². The van der Waals surface area contributed by atoms with Crippen LogP contribution in [0.3, 0.4) is 0 Å². The molecule has 0 saturated heterocycles. The maximum Gasteiger partial charge on any atom is 0.293 e. The second-order valence-electron chi connectivity index (χ2n) is 27.9. The van der Waals surface area contributed by atoms with Crippen LogP contribution in [0.4, 0.5) is 46.3 Å². The van der Waals surface area contributed by atoms with Crippen molar-refractivity contribution < 1.29 is 68.0 Å². The SMILES string of the molecule is C.C=CC(=O)Cc1cccc(C)c1Nc1ncc2cc(-c3c(Cl)c(OC)cc(OC)c3Cl)c(OC)cc2n1.COc1cc2nc(Cl)ncc2cc1-c1c(Cl)c(OC)cc(OC)c1Cl.COc1cc2nc(Nc3c(C)cccc3N)ncc2cc1-c1c(Cl)c(OC)cc(OC)c1Cl.COc1cc2nc(Nc3c(C)cccc3[N+](=O)[O-])ncc2cc1-c1c(Cl)c(OC)cc(OC)c1Cl.[HH]. The number of ether oxygens (including phenoxy) is 12. The molecule has 0 amide bonds. The number of anilines is 7. The summed E-state index contributed by atoms with van der Waals surface area (Å²) in [6.45, 7) is 9.25. The van der Waals surface area contributed by atoms with Gasteiger partial charge in [-0.3, -0.25) is 14.9 Å². The molecule has 0 aliphatic carbocycles. The van der Waals surface area contributed by atoms with E-state index in [0.717, 1.165) is 44.2 Å². The van der Waals surface area contributed by atoms with Gasteiger partial charge in [-0.15, -0.1) is 0 Å². The molecule has 15 rings (SSSR count). The Morgan fingerprint density at radius 1 is 0.382 bits per heavy atom. The van der Waals surface area contributed by atoms with Crippen LogP contribution in [0.15, 0.2) is 165 Å². The summed E-state index contributed by atoms with van der Waals surface area (Å²) >= 11 is 58.7. The van der Waals surface area contributed by atoms with Crippen LogP contribution in [-0.4, -0.2) is 136 Å². The number of rotatable bonds is 26. The minimum Gasteiger partial charge on any atom is -0.496 e. The Morgan fingerprint density at radius 3 is 0.947 bits per heavy atom. The standard InChI is InChI=1S/C28H25Cl2N3O4.C24H20Cl2N4O5.C24H22Cl2N4O3.C17H13Cl3N2O3.CH4.H2/c1-6-18(34)10-16-9-7-8-15(2)27(16)33-28-31-14-17-11-19(21(35-3)12-20(17)32-28)24-25(29)22(36-4)13-23(37-5)26(24)30;1-12-6-5-7-16(30(31)32)23(12)29-24-27-11-13-8-14(17(33-2)9-15(13)28-24)20-21(25)18(34-3)10-19(35-4)22(20)26;1-12-6-5-7-15(27)23(12)30-24-28-11-13-8-14(17(31-2)9-16(13)29-24)20-21(25)18(32-3)10-19(33-4)22(20)26;1-23-11-5-10-8(7-21-17(20)22-10)4-9(11)14-15(18)12(24-2)6-13(25-3)16(14)19;;/h6-9,11-14H,1,10H2,2-5H3,(H,31,32,33);5-11H,1-4H3,(H,27,28,29);5-11H,27H2,1-4H3,(H,28,29,30);4-7H,1-3H3;1H4;1H. The number of aryl methyl sites for hydroxylation is 3. The minimum absolute atomic E-state index is 0. The Balaban J connectivity index is 0.000000183. The first-order valence-corrected chi connectivity index (χ1v) is 42.0. The molecule has 15 aromatic rings. The summed E-state index contributed by atoms with van der Waals surface area (Å²) in [5, 5.41) is 26.6. The van der Waals surface area contributed by atoms with Crippen LogP contribution in [0.25, 0.3) is 88.1 Å². The van der Waals surface area contributed by atoms with Crippen molar-refractivity contribution in [1.29, 1.82) is 0 Å². The smallest absolute Gasteiger partial charge is 0.293 e. The maximum absolute atomic E-state index is 12.0. The molecule has 11 aromatic carbocycles. The van der Waals surface area contributed by atoms with Crippen molar-refractivity contribution in [3.05, 3.63) is 243 Å². The zero-order valence-corrected chi connectivity index (χ0v) is 78.9. The lowest BCUT2D eigenvalue weighted by Gasteiger charge is -2.17. The quantitative estimate of drug-likeness (QED) is 0.0129. The Bertz CT molecular complexity index is 6800. The summed E-state index contributed by atoms with van der Waals surface area (Å²) < 4.78 is 65.5. The Hall–Kier alpha value is -13.0. The van der Waals surface area contributed by atoms with Crippen molar-refractivity contribution in [2.75, 3.05) is 107 Å². The number of carbonyl (C=O) groups is 1. The summed E-state index contributed by atoms with van der Waals surface area (Å²) in [7, 11) is 18.3. The van der Waals surface area contributed by atoms with E-state index in [9.17, 15) is 14.9 Å². The number of hydrogen-bond donors (Lipinski definition) is 4. The maximum atomic E-state index is 12.0. The molecule has 4 aromatic heterocycles. The Kier molecular flexibility index (Phi) is 32.8. The van der Waals surface area contributed by atoms with E-state index in [2.05, 4.69) is 62.4 Å². The number of nitrogens with one attached hydrogen (secondary N) is 3. The molecule has 0 atom stereocenters. The fourth-order valence-corrected chi connectivity index (χ4v) is 16.8. The number of nitro groups is 1. The number of allylic oxidation sites excluding steroid dienone is 1. The molecular weight excluding hydrogens is 1870 g/mol. The molecule has 37 heteroatoms. The van der Waals surface area contributed by atoms with Crippen LogP contribution >= 0.6 is 104 Å². The van der Waals surface area contributed by atoms with Gasteiger partial charge in [0.25, 0.3) is 5.69 Å². The van der Waals surface area contributed by atoms with Gasteiger partial charge in [-0.05, 0) is 91.0 Å². The number of nitrogen functional groups attached to an aromatic ring is 1. The lowest BCUT2D eigenvalue weighted by Crippen LogP contribution is -2.06. The largest absolute Gasteiger partial charge is 0.496 e. The summed E-state index contributed by atoms with van der Waals surface area (Å²) in [6.07, 6.45) is 8.16. The first-order chi connectivity index (χ1) is 62.4. The summed E-state index contributed by atoms with van der Waals surface area (Å²) in [4.78, 5) is 58.3. The number of ketones is 1. The van der Waals surface area contributed by atoms with Gasteiger partial charge in [0.15, 0.2) is 5.78 Å². The average Bonchev–Trinajstić information content (AvgIpc) is 0.772.